The Kier molecular flexibility index (Phi) is 7.46. The van der Waals surface area contributed by atoms with Crippen molar-refractivity contribution in [2.45, 2.75) is 33.4 Å². The van der Waals surface area contributed by atoms with E-state index in [2.05, 4.69) is 0 Å². The summed E-state index contributed by atoms with van der Waals surface area (Å²) in [6.07, 6.45) is 0. The second-order valence-corrected chi connectivity index (χ2v) is 4.46. The van der Waals surface area contributed by atoms with Crippen molar-refractivity contribution < 1.29 is 19.1 Å². The Morgan fingerprint density at radius 1 is 1.00 bits per heavy atom. The van der Waals surface area contributed by atoms with E-state index in [0.29, 0.717) is 13.1 Å². The molecule has 0 aliphatic heterocycles. The van der Waals surface area contributed by atoms with Crippen molar-refractivity contribution in [1.82, 2.24) is 4.90 Å². The highest BCUT2D eigenvalue weighted by Crippen LogP contribution is 2.11. The molecule has 21 heavy (non-hydrogen) atoms. The normalized spacial score (nSPS) is 10.7. The van der Waals surface area contributed by atoms with Gasteiger partial charge in [0.05, 0.1) is 13.2 Å². The maximum atomic E-state index is 12.1. The molecule has 1 rings (SSSR count). The van der Waals surface area contributed by atoms with E-state index in [-0.39, 0.29) is 13.2 Å². The van der Waals surface area contributed by atoms with Gasteiger partial charge in [-0.05, 0) is 26.0 Å². The summed E-state index contributed by atoms with van der Waals surface area (Å²) < 4.78 is 10.0. The molecule has 0 spiro atoms. The van der Waals surface area contributed by atoms with Crippen LogP contribution in [-0.2, 0) is 25.6 Å². The molecule has 1 aromatic carbocycles. The summed E-state index contributed by atoms with van der Waals surface area (Å²) in [5.74, 6) is -1.12. The Bertz CT molecular complexity index is 429. The average Bonchev–Trinajstić information content (AvgIpc) is 2.48. The highest BCUT2D eigenvalue weighted by Gasteiger charge is 2.34. The number of likely N-dealkylation sites (N-methyl/N-ethyl adjacent to an activating group) is 1. The predicted octanol–water partition coefficient (Wildman–Crippen LogP) is 2.00. The molecule has 0 fully saturated rings. The van der Waals surface area contributed by atoms with Gasteiger partial charge in [0, 0.05) is 6.54 Å². The first-order valence-electron chi connectivity index (χ1n) is 7.25. The van der Waals surface area contributed by atoms with Crippen molar-refractivity contribution >= 4 is 11.9 Å². The number of carbonyl (C=O) groups excluding carboxylic acids is 2. The first-order chi connectivity index (χ1) is 10.1. The van der Waals surface area contributed by atoms with Gasteiger partial charge in [-0.1, -0.05) is 37.3 Å². The standard InChI is InChI=1S/C16H23NO4/c1-4-17(12-13-10-8-7-9-11-13)14(15(18)20-5-2)16(19)21-6-3/h7-11,14H,4-6,12H2,1-3H3. The Balaban J connectivity index is 2.91. The molecule has 0 heterocycles. The first-order valence-corrected chi connectivity index (χ1v) is 7.25. The minimum absolute atomic E-state index is 0.234. The van der Waals surface area contributed by atoms with Gasteiger partial charge in [0.15, 0.2) is 0 Å². The monoisotopic (exact) mass is 293 g/mol. The fourth-order valence-corrected chi connectivity index (χ4v) is 2.04. The van der Waals surface area contributed by atoms with Crippen molar-refractivity contribution in [2.75, 3.05) is 19.8 Å². The number of ether oxygens (including phenoxy) is 2. The molecule has 0 aliphatic rings. The van der Waals surface area contributed by atoms with Crippen LogP contribution >= 0.6 is 0 Å². The number of benzene rings is 1. The van der Waals surface area contributed by atoms with Crippen LogP contribution in [0.2, 0.25) is 0 Å². The van der Waals surface area contributed by atoms with Crippen molar-refractivity contribution in [3.05, 3.63) is 35.9 Å². The molecular weight excluding hydrogens is 270 g/mol. The molecule has 0 N–H and O–H groups in total. The van der Waals surface area contributed by atoms with Gasteiger partial charge >= 0.3 is 11.9 Å². The molecule has 0 aromatic heterocycles. The molecule has 0 saturated heterocycles. The van der Waals surface area contributed by atoms with E-state index in [1.54, 1.807) is 18.7 Å². The van der Waals surface area contributed by atoms with Crippen molar-refractivity contribution in [3.8, 4) is 0 Å². The SMILES string of the molecule is CCOC(=O)C(C(=O)OCC)N(CC)Cc1ccccc1. The largest absolute Gasteiger partial charge is 0.464 e. The lowest BCUT2D eigenvalue weighted by Crippen LogP contribution is -2.48. The summed E-state index contributed by atoms with van der Waals surface area (Å²) in [7, 11) is 0. The molecule has 0 radical (unpaired) electrons. The third-order valence-corrected chi connectivity index (χ3v) is 3.02. The van der Waals surface area contributed by atoms with E-state index < -0.39 is 18.0 Å². The van der Waals surface area contributed by atoms with Crippen molar-refractivity contribution in [2.24, 2.45) is 0 Å². The number of rotatable bonds is 8. The van der Waals surface area contributed by atoms with Crippen molar-refractivity contribution in [1.29, 1.82) is 0 Å². The quantitative estimate of drug-likeness (QED) is 0.542. The van der Waals surface area contributed by atoms with E-state index in [4.69, 9.17) is 9.47 Å². The van der Waals surface area contributed by atoms with E-state index in [1.165, 1.54) is 0 Å². The van der Waals surface area contributed by atoms with Crippen LogP contribution < -0.4 is 0 Å². The van der Waals surface area contributed by atoms with E-state index in [1.807, 2.05) is 37.3 Å². The van der Waals surface area contributed by atoms with E-state index >= 15 is 0 Å². The molecule has 5 heteroatoms. The van der Waals surface area contributed by atoms with Crippen LogP contribution in [0.4, 0.5) is 0 Å². The number of carbonyl (C=O) groups is 2. The van der Waals surface area contributed by atoms with E-state index in [0.717, 1.165) is 5.56 Å². The van der Waals surface area contributed by atoms with E-state index in [9.17, 15) is 9.59 Å². The number of hydrogen-bond acceptors (Lipinski definition) is 5. The lowest BCUT2D eigenvalue weighted by molar-refractivity contribution is -0.163. The minimum Gasteiger partial charge on any atom is -0.464 e. The highest BCUT2D eigenvalue weighted by molar-refractivity contribution is 5.99. The van der Waals surface area contributed by atoms with Gasteiger partial charge in [0.1, 0.15) is 0 Å². The number of hydrogen-bond donors (Lipinski definition) is 0. The smallest absolute Gasteiger partial charge is 0.335 e. The zero-order chi connectivity index (χ0) is 15.7. The van der Waals surface area contributed by atoms with Crippen LogP contribution in [0, 0.1) is 0 Å². The van der Waals surface area contributed by atoms with Crippen LogP contribution in [0.3, 0.4) is 0 Å². The van der Waals surface area contributed by atoms with Gasteiger partial charge in [0.2, 0.25) is 6.04 Å². The predicted molar refractivity (Wildman–Crippen MR) is 79.6 cm³/mol. The molecular formula is C16H23NO4. The topological polar surface area (TPSA) is 55.8 Å². The molecule has 0 unspecified atom stereocenters. The van der Waals surface area contributed by atoms with Gasteiger partial charge in [-0.15, -0.1) is 0 Å². The summed E-state index contributed by atoms with van der Waals surface area (Å²) >= 11 is 0. The maximum Gasteiger partial charge on any atom is 0.335 e. The molecule has 0 bridgehead atoms. The zero-order valence-electron chi connectivity index (χ0n) is 12.9. The van der Waals surface area contributed by atoms with Crippen molar-refractivity contribution in [3.63, 3.8) is 0 Å². The van der Waals surface area contributed by atoms with Gasteiger partial charge in [0.25, 0.3) is 0 Å². The molecule has 0 atom stereocenters. The minimum atomic E-state index is -1.02. The summed E-state index contributed by atoms with van der Waals surface area (Å²) in [5, 5.41) is 0. The molecule has 116 valence electrons. The number of esters is 2. The number of nitrogens with zero attached hydrogens (tertiary/aromatic N) is 1. The fourth-order valence-electron chi connectivity index (χ4n) is 2.04. The Hall–Kier alpha value is -1.88. The molecule has 5 nitrogen and oxygen atoms in total. The summed E-state index contributed by atoms with van der Waals surface area (Å²) in [5.41, 5.74) is 1.03. The molecule has 0 aliphatic carbocycles. The average molecular weight is 293 g/mol. The maximum absolute atomic E-state index is 12.1. The third kappa shape index (κ3) is 5.19. The third-order valence-electron chi connectivity index (χ3n) is 3.02. The Morgan fingerprint density at radius 2 is 1.52 bits per heavy atom. The van der Waals surface area contributed by atoms with Gasteiger partial charge in [-0.25, -0.2) is 9.59 Å². The second kappa shape index (κ2) is 9.13. The molecule has 1 aromatic rings. The van der Waals surface area contributed by atoms with Crippen LogP contribution in [0.25, 0.3) is 0 Å². The lowest BCUT2D eigenvalue weighted by Gasteiger charge is -2.27. The van der Waals surface area contributed by atoms with Crippen LogP contribution in [-0.4, -0.2) is 42.6 Å². The van der Waals surface area contributed by atoms with Gasteiger partial charge in [-0.3, -0.25) is 4.90 Å². The van der Waals surface area contributed by atoms with Gasteiger partial charge in [-0.2, -0.15) is 0 Å². The first kappa shape index (κ1) is 17.2. The molecule has 0 saturated carbocycles. The Labute approximate surface area is 125 Å². The lowest BCUT2D eigenvalue weighted by atomic mass is 10.1. The summed E-state index contributed by atoms with van der Waals surface area (Å²) in [6, 6.07) is 8.66. The van der Waals surface area contributed by atoms with Crippen LogP contribution in [0.1, 0.15) is 26.3 Å². The highest BCUT2D eigenvalue weighted by atomic mass is 16.6. The Morgan fingerprint density at radius 3 is 1.95 bits per heavy atom. The summed E-state index contributed by atoms with van der Waals surface area (Å²) in [4.78, 5) is 25.9. The molecule has 0 amide bonds. The second-order valence-electron chi connectivity index (χ2n) is 4.46. The zero-order valence-corrected chi connectivity index (χ0v) is 12.9. The van der Waals surface area contributed by atoms with Crippen LogP contribution in [0.15, 0.2) is 30.3 Å². The van der Waals surface area contributed by atoms with Crippen LogP contribution in [0.5, 0.6) is 0 Å². The van der Waals surface area contributed by atoms with Gasteiger partial charge < -0.3 is 9.47 Å². The fraction of sp³-hybridized carbons (Fsp3) is 0.500. The summed E-state index contributed by atoms with van der Waals surface area (Å²) in [6.45, 7) is 6.82.